The van der Waals surface area contributed by atoms with E-state index >= 15 is 0 Å². The van der Waals surface area contributed by atoms with Crippen molar-refractivity contribution in [2.45, 2.75) is 45.1 Å². The average molecular weight is 257 g/mol. The van der Waals surface area contributed by atoms with E-state index in [4.69, 9.17) is 0 Å². The van der Waals surface area contributed by atoms with Crippen LogP contribution in [0, 0.1) is 24.2 Å². The van der Waals surface area contributed by atoms with Crippen molar-refractivity contribution in [2.24, 2.45) is 5.92 Å². The number of nitrogens with one attached hydrogen (secondary N) is 1. The van der Waals surface area contributed by atoms with Crippen LogP contribution >= 0.6 is 0 Å². The van der Waals surface area contributed by atoms with Gasteiger partial charge in [-0.2, -0.15) is 5.26 Å². The number of aromatic nitrogens is 1. The van der Waals surface area contributed by atoms with E-state index in [0.29, 0.717) is 17.2 Å². The first-order chi connectivity index (χ1) is 9.06. The molecule has 0 bridgehead atoms. The standard InChI is InChI=1S/C15H19N3O/c1-11-5-7-15(10-16,8-6-11)18-14(19)13-4-3-9-17-12(13)2/h3-4,9,11H,5-8H2,1-2H3,(H,18,19). The number of nitriles is 1. The van der Waals surface area contributed by atoms with Gasteiger partial charge in [-0.05, 0) is 50.7 Å². The molecule has 1 aromatic rings. The monoisotopic (exact) mass is 257 g/mol. The van der Waals surface area contributed by atoms with Crippen molar-refractivity contribution in [1.29, 1.82) is 5.26 Å². The molecule has 100 valence electrons. The fourth-order valence-corrected chi connectivity index (χ4v) is 2.53. The summed E-state index contributed by atoms with van der Waals surface area (Å²) in [5.41, 5.74) is 0.541. The molecular weight excluding hydrogens is 238 g/mol. The van der Waals surface area contributed by atoms with Crippen LogP contribution in [0.4, 0.5) is 0 Å². The van der Waals surface area contributed by atoms with Crippen LogP contribution in [-0.4, -0.2) is 16.4 Å². The minimum Gasteiger partial charge on any atom is -0.334 e. The van der Waals surface area contributed by atoms with E-state index in [2.05, 4.69) is 23.3 Å². The molecule has 0 aliphatic heterocycles. The van der Waals surface area contributed by atoms with Crippen LogP contribution < -0.4 is 5.32 Å². The Hall–Kier alpha value is -1.89. The zero-order valence-corrected chi connectivity index (χ0v) is 11.4. The summed E-state index contributed by atoms with van der Waals surface area (Å²) in [6.07, 6.45) is 5.10. The Morgan fingerprint density at radius 3 is 2.79 bits per heavy atom. The lowest BCUT2D eigenvalue weighted by atomic mass is 9.78. The highest BCUT2D eigenvalue weighted by Crippen LogP contribution is 2.31. The second kappa shape index (κ2) is 5.40. The van der Waals surface area contributed by atoms with Crippen molar-refractivity contribution in [2.75, 3.05) is 0 Å². The van der Waals surface area contributed by atoms with Crippen molar-refractivity contribution in [3.05, 3.63) is 29.6 Å². The Morgan fingerprint density at radius 1 is 1.53 bits per heavy atom. The molecule has 1 saturated carbocycles. The van der Waals surface area contributed by atoms with Crippen molar-refractivity contribution in [1.82, 2.24) is 10.3 Å². The average Bonchev–Trinajstić information content (AvgIpc) is 2.42. The summed E-state index contributed by atoms with van der Waals surface area (Å²) in [5.74, 6) is 0.445. The summed E-state index contributed by atoms with van der Waals surface area (Å²) >= 11 is 0. The van der Waals surface area contributed by atoms with Crippen LogP contribution in [0.25, 0.3) is 0 Å². The molecule has 1 amide bonds. The van der Waals surface area contributed by atoms with Gasteiger partial charge >= 0.3 is 0 Å². The summed E-state index contributed by atoms with van der Waals surface area (Å²) in [6, 6.07) is 5.79. The second-order valence-electron chi connectivity index (χ2n) is 5.47. The third-order valence-electron chi connectivity index (χ3n) is 3.95. The molecule has 1 fully saturated rings. The molecule has 0 atom stereocenters. The maximum Gasteiger partial charge on any atom is 0.254 e. The molecule has 1 heterocycles. The molecular formula is C15H19N3O. The highest BCUT2D eigenvalue weighted by molar-refractivity contribution is 5.95. The van der Waals surface area contributed by atoms with E-state index in [1.807, 2.05) is 0 Å². The molecule has 0 radical (unpaired) electrons. The minimum absolute atomic E-state index is 0.193. The largest absolute Gasteiger partial charge is 0.334 e. The van der Waals surface area contributed by atoms with Gasteiger partial charge in [-0.1, -0.05) is 6.92 Å². The van der Waals surface area contributed by atoms with E-state index < -0.39 is 5.54 Å². The van der Waals surface area contributed by atoms with Crippen LogP contribution in [0.3, 0.4) is 0 Å². The van der Waals surface area contributed by atoms with E-state index in [9.17, 15) is 10.1 Å². The minimum atomic E-state index is -0.703. The Kier molecular flexibility index (Phi) is 3.84. The van der Waals surface area contributed by atoms with E-state index in [-0.39, 0.29) is 5.91 Å². The zero-order chi connectivity index (χ0) is 13.9. The number of carbonyl (C=O) groups is 1. The highest BCUT2D eigenvalue weighted by atomic mass is 16.1. The van der Waals surface area contributed by atoms with Crippen molar-refractivity contribution >= 4 is 5.91 Å². The van der Waals surface area contributed by atoms with Crippen LogP contribution in [-0.2, 0) is 0 Å². The summed E-state index contributed by atoms with van der Waals surface area (Å²) in [5, 5.41) is 12.3. The molecule has 0 spiro atoms. The third-order valence-corrected chi connectivity index (χ3v) is 3.95. The van der Waals surface area contributed by atoms with Gasteiger partial charge in [-0.25, -0.2) is 0 Å². The summed E-state index contributed by atoms with van der Waals surface area (Å²) in [7, 11) is 0. The number of hydrogen-bond donors (Lipinski definition) is 1. The SMILES string of the molecule is Cc1ncccc1C(=O)NC1(C#N)CCC(C)CC1. The maximum absolute atomic E-state index is 12.3. The summed E-state index contributed by atoms with van der Waals surface area (Å²) < 4.78 is 0. The molecule has 0 aromatic carbocycles. The molecule has 4 nitrogen and oxygen atoms in total. The molecule has 19 heavy (non-hydrogen) atoms. The van der Waals surface area contributed by atoms with Gasteiger partial charge in [0.1, 0.15) is 5.54 Å². The first-order valence-corrected chi connectivity index (χ1v) is 6.72. The van der Waals surface area contributed by atoms with E-state index in [1.54, 1.807) is 25.3 Å². The third kappa shape index (κ3) is 2.93. The molecule has 1 N–H and O–H groups in total. The summed E-state index contributed by atoms with van der Waals surface area (Å²) in [4.78, 5) is 16.4. The quantitative estimate of drug-likeness (QED) is 0.885. The molecule has 1 aromatic heterocycles. The van der Waals surface area contributed by atoms with Gasteiger partial charge in [0, 0.05) is 11.9 Å². The fraction of sp³-hybridized carbons (Fsp3) is 0.533. The fourth-order valence-electron chi connectivity index (χ4n) is 2.53. The first-order valence-electron chi connectivity index (χ1n) is 6.72. The Morgan fingerprint density at radius 2 is 2.21 bits per heavy atom. The number of hydrogen-bond acceptors (Lipinski definition) is 3. The van der Waals surface area contributed by atoms with Gasteiger partial charge in [0.05, 0.1) is 11.6 Å². The molecule has 0 saturated heterocycles. The molecule has 0 unspecified atom stereocenters. The number of carbonyl (C=O) groups excluding carboxylic acids is 1. The molecule has 1 aliphatic carbocycles. The topological polar surface area (TPSA) is 65.8 Å². The van der Waals surface area contributed by atoms with Gasteiger partial charge in [-0.3, -0.25) is 9.78 Å². The van der Waals surface area contributed by atoms with Crippen molar-refractivity contribution in [3.63, 3.8) is 0 Å². The lowest BCUT2D eigenvalue weighted by molar-refractivity contribution is 0.0893. The predicted octanol–water partition coefficient (Wildman–Crippen LogP) is 2.59. The second-order valence-corrected chi connectivity index (χ2v) is 5.47. The Labute approximate surface area is 113 Å². The number of nitrogens with zero attached hydrogens (tertiary/aromatic N) is 2. The van der Waals surface area contributed by atoms with Crippen LogP contribution in [0.1, 0.15) is 48.7 Å². The van der Waals surface area contributed by atoms with Crippen molar-refractivity contribution in [3.8, 4) is 6.07 Å². The van der Waals surface area contributed by atoms with Gasteiger partial charge in [0.15, 0.2) is 0 Å². The number of amides is 1. The normalized spacial score (nSPS) is 26.5. The van der Waals surface area contributed by atoms with Gasteiger partial charge in [0.2, 0.25) is 0 Å². The van der Waals surface area contributed by atoms with Crippen LogP contribution in [0.2, 0.25) is 0 Å². The van der Waals surface area contributed by atoms with Crippen LogP contribution in [0.15, 0.2) is 18.3 Å². The number of aryl methyl sites for hydroxylation is 1. The lowest BCUT2D eigenvalue weighted by Crippen LogP contribution is -2.49. The Bertz CT molecular complexity index is 510. The van der Waals surface area contributed by atoms with Gasteiger partial charge in [0.25, 0.3) is 5.91 Å². The molecule has 1 aliphatic rings. The highest BCUT2D eigenvalue weighted by Gasteiger charge is 2.36. The van der Waals surface area contributed by atoms with Crippen LogP contribution in [0.5, 0.6) is 0 Å². The number of pyridine rings is 1. The van der Waals surface area contributed by atoms with Crippen molar-refractivity contribution < 1.29 is 4.79 Å². The first kappa shape index (κ1) is 13.5. The molecule has 2 rings (SSSR count). The maximum atomic E-state index is 12.3. The zero-order valence-electron chi connectivity index (χ0n) is 11.4. The predicted molar refractivity (Wildman–Crippen MR) is 72.4 cm³/mol. The Balaban J connectivity index is 2.14. The van der Waals surface area contributed by atoms with E-state index in [0.717, 1.165) is 25.7 Å². The van der Waals surface area contributed by atoms with E-state index in [1.165, 1.54) is 0 Å². The number of rotatable bonds is 2. The molecule has 4 heteroatoms. The smallest absolute Gasteiger partial charge is 0.254 e. The summed E-state index contributed by atoms with van der Waals surface area (Å²) in [6.45, 7) is 3.99. The lowest BCUT2D eigenvalue weighted by Gasteiger charge is -2.34. The van der Waals surface area contributed by atoms with Gasteiger partial charge in [-0.15, -0.1) is 0 Å². The van der Waals surface area contributed by atoms with Gasteiger partial charge < -0.3 is 5.32 Å².